The molecule has 60 heavy (non-hydrogen) atoms. The molecule has 0 amide bonds. The number of carboxylic acid groups (broad SMARTS) is 1. The van der Waals surface area contributed by atoms with Gasteiger partial charge in [0.15, 0.2) is 19.0 Å². The van der Waals surface area contributed by atoms with Gasteiger partial charge in [-0.2, -0.15) is 4.98 Å². The van der Waals surface area contributed by atoms with E-state index >= 15 is 0 Å². The Kier molecular flexibility index (Phi) is 18.5. The SMILES string of the molecule is CC(C)(C)OC(=O)COc1ccc(C(=O)Cl)cc1.CC(C)Oc1ccc(-c2noc(-c3ccc(OCC(=O)O)cc3)n2)cc1Cl.CC(C)Oc1ccc(/C(N)=N/O)cc1Cl. The molecule has 0 fully saturated rings. The van der Waals surface area contributed by atoms with Gasteiger partial charge in [-0.15, -0.1) is 0 Å². The molecular weight excluding hydrogens is 843 g/mol. The minimum atomic E-state index is -1.04. The fourth-order valence-electron chi connectivity index (χ4n) is 4.55. The monoisotopic (exact) mass is 886 g/mol. The zero-order valence-electron chi connectivity index (χ0n) is 33.8. The van der Waals surface area contributed by atoms with Crippen LogP contribution in [0.2, 0.25) is 10.0 Å². The minimum Gasteiger partial charge on any atom is -0.489 e. The highest BCUT2D eigenvalue weighted by Gasteiger charge is 2.17. The Balaban J connectivity index is 0.000000254. The fraction of sp³-hybridized carbons (Fsp3) is 0.286. The highest BCUT2D eigenvalue weighted by Crippen LogP contribution is 2.31. The number of benzene rings is 4. The van der Waals surface area contributed by atoms with Crippen LogP contribution in [0.1, 0.15) is 64.4 Å². The summed E-state index contributed by atoms with van der Waals surface area (Å²) in [4.78, 5) is 37.1. The molecule has 18 heteroatoms. The number of hydrogen-bond donors (Lipinski definition) is 3. The Morgan fingerprint density at radius 2 is 1.27 bits per heavy atom. The molecule has 0 aliphatic heterocycles. The molecule has 320 valence electrons. The topological polar surface area (TPSA) is 215 Å². The molecule has 0 atom stereocenters. The van der Waals surface area contributed by atoms with Crippen LogP contribution in [-0.2, 0) is 14.3 Å². The average Bonchev–Trinajstić information content (AvgIpc) is 3.68. The number of carboxylic acids is 1. The van der Waals surface area contributed by atoms with Gasteiger partial charge in [0.2, 0.25) is 5.82 Å². The van der Waals surface area contributed by atoms with Gasteiger partial charge >= 0.3 is 11.9 Å². The molecule has 0 saturated heterocycles. The maximum atomic E-state index is 11.4. The van der Waals surface area contributed by atoms with E-state index in [1.54, 1.807) is 93.6 Å². The molecule has 1 heterocycles. The van der Waals surface area contributed by atoms with Crippen molar-refractivity contribution in [1.82, 2.24) is 10.1 Å². The van der Waals surface area contributed by atoms with Gasteiger partial charge in [-0.3, -0.25) is 4.79 Å². The molecule has 0 bridgehead atoms. The Hall–Kier alpha value is -6.03. The molecule has 0 radical (unpaired) electrons. The van der Waals surface area contributed by atoms with E-state index in [1.807, 2.05) is 27.7 Å². The zero-order chi connectivity index (χ0) is 44.6. The maximum absolute atomic E-state index is 11.4. The van der Waals surface area contributed by atoms with Crippen LogP contribution in [0.15, 0.2) is 94.6 Å². The first-order valence-corrected chi connectivity index (χ1v) is 19.2. The van der Waals surface area contributed by atoms with Crippen molar-refractivity contribution in [2.24, 2.45) is 10.9 Å². The van der Waals surface area contributed by atoms with Crippen molar-refractivity contribution >= 4 is 57.8 Å². The normalized spacial score (nSPS) is 11.1. The third kappa shape index (κ3) is 16.7. The summed E-state index contributed by atoms with van der Waals surface area (Å²) in [6.45, 7) is 12.4. The summed E-state index contributed by atoms with van der Waals surface area (Å²) in [7, 11) is 0. The molecule has 0 aliphatic rings. The van der Waals surface area contributed by atoms with E-state index < -0.39 is 29.4 Å². The van der Waals surface area contributed by atoms with Crippen molar-refractivity contribution < 1.29 is 52.9 Å². The van der Waals surface area contributed by atoms with Gasteiger partial charge in [-0.25, -0.2) is 9.59 Å². The molecule has 0 saturated carbocycles. The van der Waals surface area contributed by atoms with Crippen LogP contribution in [0.4, 0.5) is 0 Å². The van der Waals surface area contributed by atoms with Crippen LogP contribution in [0.3, 0.4) is 0 Å². The predicted octanol–water partition coefficient (Wildman–Crippen LogP) is 9.32. The molecule has 5 aromatic rings. The number of aromatic nitrogens is 2. The Labute approximate surface area is 361 Å². The molecule has 0 unspecified atom stereocenters. The first kappa shape index (κ1) is 48.3. The number of oxime groups is 1. The summed E-state index contributed by atoms with van der Waals surface area (Å²) < 4.78 is 31.8. The smallest absolute Gasteiger partial charge is 0.344 e. The van der Waals surface area contributed by atoms with E-state index in [2.05, 4.69) is 15.3 Å². The second-order valence-electron chi connectivity index (χ2n) is 13.9. The van der Waals surface area contributed by atoms with Crippen molar-refractivity contribution in [2.75, 3.05) is 13.2 Å². The molecular formula is C42H45Cl3N4O11. The molecule has 1 aromatic heterocycles. The highest BCUT2D eigenvalue weighted by molar-refractivity contribution is 6.67. The minimum absolute atomic E-state index is 0.0209. The van der Waals surface area contributed by atoms with Gasteiger partial charge in [-0.1, -0.05) is 33.5 Å². The van der Waals surface area contributed by atoms with E-state index in [0.717, 1.165) is 0 Å². The number of esters is 1. The third-order valence-electron chi connectivity index (χ3n) is 7.00. The standard InChI is InChI=1S/C19H17ClN2O5.C13H15ClO4.C10H13ClN2O2/c1-11(2)26-16-8-5-13(9-15(16)20)18-21-19(27-22-18)12-3-6-14(7-4-12)25-10-17(23)24;1-13(2,3)18-11(15)8-17-10-6-4-9(5-7-10)12(14)16;1-6(2)15-9-4-3-7(5-8(9)11)10(12)13-14/h3-9,11H,10H2,1-2H3,(H,23,24);4-7H,8H2,1-3H3;3-6,14H,1-2H3,(H2,12,13). The van der Waals surface area contributed by atoms with Crippen molar-refractivity contribution in [3.05, 3.63) is 106 Å². The molecule has 15 nitrogen and oxygen atoms in total. The van der Waals surface area contributed by atoms with E-state index in [-0.39, 0.29) is 24.7 Å². The molecule has 0 aliphatic carbocycles. The number of aliphatic carboxylic acids is 1. The van der Waals surface area contributed by atoms with Gasteiger partial charge in [-0.05, 0) is 145 Å². The lowest BCUT2D eigenvalue weighted by atomic mass is 10.2. The van der Waals surface area contributed by atoms with Gasteiger partial charge in [0.05, 0.1) is 22.3 Å². The number of hydrogen-bond acceptors (Lipinski definition) is 13. The average molecular weight is 888 g/mol. The lowest BCUT2D eigenvalue weighted by molar-refractivity contribution is -0.157. The van der Waals surface area contributed by atoms with Gasteiger partial charge in [0, 0.05) is 22.3 Å². The van der Waals surface area contributed by atoms with Crippen molar-refractivity contribution in [3.8, 4) is 45.8 Å². The number of ether oxygens (including phenoxy) is 5. The second-order valence-corrected chi connectivity index (χ2v) is 15.1. The molecule has 0 spiro atoms. The highest BCUT2D eigenvalue weighted by atomic mass is 35.5. The van der Waals surface area contributed by atoms with E-state index in [1.165, 1.54) is 12.1 Å². The number of carbonyl (C=O) groups is 3. The maximum Gasteiger partial charge on any atom is 0.344 e. The van der Waals surface area contributed by atoms with Crippen LogP contribution in [0.25, 0.3) is 22.8 Å². The summed E-state index contributed by atoms with van der Waals surface area (Å²) in [6.07, 6.45) is 0.0739. The summed E-state index contributed by atoms with van der Waals surface area (Å²) in [5.41, 5.74) is 7.20. The summed E-state index contributed by atoms with van der Waals surface area (Å²) in [6, 6.07) is 23.1. The number of carbonyl (C=O) groups excluding carboxylic acids is 2. The van der Waals surface area contributed by atoms with E-state index in [9.17, 15) is 14.4 Å². The fourth-order valence-corrected chi connectivity index (χ4v) is 5.13. The number of nitrogens with zero attached hydrogens (tertiary/aromatic N) is 3. The largest absolute Gasteiger partial charge is 0.489 e. The number of rotatable bonds is 14. The number of halogens is 3. The lowest BCUT2D eigenvalue weighted by Gasteiger charge is -2.19. The Morgan fingerprint density at radius 3 is 1.75 bits per heavy atom. The predicted molar refractivity (Wildman–Crippen MR) is 227 cm³/mol. The van der Waals surface area contributed by atoms with Crippen molar-refractivity contribution in [3.63, 3.8) is 0 Å². The van der Waals surface area contributed by atoms with Crippen LogP contribution < -0.4 is 24.7 Å². The van der Waals surface area contributed by atoms with Crippen LogP contribution in [-0.4, -0.2) is 74.5 Å². The first-order valence-electron chi connectivity index (χ1n) is 18.1. The van der Waals surface area contributed by atoms with Crippen LogP contribution in [0.5, 0.6) is 23.0 Å². The quantitative estimate of drug-likeness (QED) is 0.0237. The second kappa shape index (κ2) is 22.9. The van der Waals surface area contributed by atoms with Crippen molar-refractivity contribution in [1.29, 1.82) is 0 Å². The molecule has 5 rings (SSSR count). The van der Waals surface area contributed by atoms with E-state index in [4.69, 9.17) is 79.1 Å². The van der Waals surface area contributed by atoms with Crippen LogP contribution >= 0.6 is 34.8 Å². The Morgan fingerprint density at radius 1 is 0.767 bits per heavy atom. The summed E-state index contributed by atoms with van der Waals surface area (Å²) in [5.74, 6) is 1.35. The van der Waals surface area contributed by atoms with Gasteiger partial charge < -0.3 is 44.3 Å². The van der Waals surface area contributed by atoms with E-state index in [0.29, 0.717) is 67.0 Å². The van der Waals surface area contributed by atoms with Crippen molar-refractivity contribution in [2.45, 2.75) is 66.3 Å². The van der Waals surface area contributed by atoms with Gasteiger partial charge in [0.1, 0.15) is 28.6 Å². The summed E-state index contributed by atoms with van der Waals surface area (Å²) in [5, 5.41) is 24.3. The van der Waals surface area contributed by atoms with Gasteiger partial charge in [0.25, 0.3) is 11.1 Å². The first-order chi connectivity index (χ1) is 28.2. The Bertz CT molecular complexity index is 2220. The van der Waals surface area contributed by atoms with Crippen LogP contribution in [0, 0.1) is 0 Å². The third-order valence-corrected chi connectivity index (χ3v) is 7.81. The zero-order valence-corrected chi connectivity index (χ0v) is 36.0. The lowest BCUT2D eigenvalue weighted by Crippen LogP contribution is -2.27. The number of nitrogens with two attached hydrogens (primary N) is 1. The summed E-state index contributed by atoms with van der Waals surface area (Å²) >= 11 is 17.5. The molecule has 4 aromatic carbocycles. The molecule has 4 N–H and O–H groups in total. The number of amidine groups is 1.